The largest absolute Gasteiger partial charge is 0.487 e. The first-order chi connectivity index (χ1) is 14.9. The van der Waals surface area contributed by atoms with E-state index < -0.39 is 5.91 Å². The lowest BCUT2D eigenvalue weighted by Gasteiger charge is -2.12. The third-order valence-corrected chi connectivity index (χ3v) is 6.67. The van der Waals surface area contributed by atoms with Gasteiger partial charge in [-0.1, -0.05) is 23.7 Å². The molecule has 156 valence electrons. The summed E-state index contributed by atoms with van der Waals surface area (Å²) in [5.74, 6) is 0.312. The highest BCUT2D eigenvalue weighted by Gasteiger charge is 2.13. The molecule has 0 spiro atoms. The maximum Gasteiger partial charge on any atom is 0.266 e. The number of rotatable bonds is 6. The Kier molecular flexibility index (Phi) is 9.00. The number of carbonyl (C=O) groups excluding carboxylic acids is 1. The minimum absolute atomic E-state index is 0.0278. The van der Waals surface area contributed by atoms with Gasteiger partial charge in [-0.3, -0.25) is 4.79 Å². The second-order valence-corrected chi connectivity index (χ2v) is 10.4. The highest BCUT2D eigenvalue weighted by molar-refractivity contribution is 14.1. The van der Waals surface area contributed by atoms with E-state index >= 15 is 0 Å². The molecule has 3 aromatic rings. The smallest absolute Gasteiger partial charge is 0.266 e. The van der Waals surface area contributed by atoms with E-state index in [0.29, 0.717) is 17.3 Å². The lowest BCUT2D eigenvalue weighted by atomic mass is 10.1. The average Bonchev–Trinajstić information content (AvgIpc) is 2.74. The topological polar surface area (TPSA) is 62.1 Å². The van der Waals surface area contributed by atoms with E-state index in [-0.39, 0.29) is 5.57 Å². The molecule has 0 bridgehead atoms. The van der Waals surface area contributed by atoms with Gasteiger partial charge in [0, 0.05) is 14.3 Å². The van der Waals surface area contributed by atoms with Crippen LogP contribution in [0, 0.1) is 22.0 Å². The molecule has 0 saturated carbocycles. The Balaban J connectivity index is 1.76. The van der Waals surface area contributed by atoms with Crippen LogP contribution in [0.5, 0.6) is 5.75 Å². The highest BCUT2D eigenvalue weighted by Crippen LogP contribution is 2.30. The number of nitrogens with one attached hydrogen (secondary N) is 1. The summed E-state index contributed by atoms with van der Waals surface area (Å²) in [7, 11) is 0. The fourth-order valence-corrected chi connectivity index (χ4v) is 5.20. The second-order valence-electron chi connectivity index (χ2n) is 6.36. The quantitative estimate of drug-likeness (QED) is 0.163. The van der Waals surface area contributed by atoms with Crippen molar-refractivity contribution in [3.8, 4) is 11.8 Å². The van der Waals surface area contributed by atoms with Crippen LogP contribution >= 0.6 is 79.4 Å². The van der Waals surface area contributed by atoms with Crippen molar-refractivity contribution in [3.05, 3.63) is 93.1 Å². The molecule has 3 rings (SSSR count). The van der Waals surface area contributed by atoms with E-state index in [2.05, 4.69) is 73.1 Å². The van der Waals surface area contributed by atoms with Crippen molar-refractivity contribution in [3.63, 3.8) is 0 Å². The zero-order valence-corrected chi connectivity index (χ0v) is 23.1. The minimum Gasteiger partial charge on any atom is -0.487 e. The Morgan fingerprint density at radius 3 is 2.23 bits per heavy atom. The summed E-state index contributed by atoms with van der Waals surface area (Å²) in [6, 6.07) is 20.6. The molecule has 3 aromatic carbocycles. The van der Waals surface area contributed by atoms with Gasteiger partial charge in [-0.2, -0.15) is 5.26 Å². The number of nitrogens with zero attached hydrogens (tertiary/aromatic N) is 1. The minimum atomic E-state index is -0.447. The molecule has 0 aliphatic rings. The highest BCUT2D eigenvalue weighted by atomic mass is 127. The number of hydrogen-bond acceptors (Lipinski definition) is 3. The maximum atomic E-state index is 12.5. The van der Waals surface area contributed by atoms with Gasteiger partial charge in [-0.15, -0.1) is 0 Å². The predicted molar refractivity (Wildman–Crippen MR) is 149 cm³/mol. The number of hydrogen-bond donors (Lipinski definition) is 1. The van der Waals surface area contributed by atoms with Gasteiger partial charge in [-0.25, -0.2) is 0 Å². The molecule has 0 aliphatic carbocycles. The van der Waals surface area contributed by atoms with Crippen LogP contribution in [-0.4, -0.2) is 5.91 Å². The molecule has 8 heteroatoms. The molecule has 4 nitrogen and oxygen atoms in total. The fraction of sp³-hybridized carbons (Fsp3) is 0.0435. The van der Waals surface area contributed by atoms with E-state index in [1.165, 1.54) is 0 Å². The SMILES string of the molecule is N#C/C(=C\c1cc(I)c(OCc2ccc(Cl)cc2)c(I)c1)C(=O)Nc1ccc(I)cc1. The average molecular weight is 767 g/mol. The molecule has 1 amide bonds. The van der Waals surface area contributed by atoms with Crippen molar-refractivity contribution in [2.45, 2.75) is 6.61 Å². The molecule has 1 N–H and O–H groups in total. The molecular weight excluding hydrogens is 752 g/mol. The Bertz CT molecular complexity index is 1150. The van der Waals surface area contributed by atoms with Crippen molar-refractivity contribution >= 4 is 97.0 Å². The molecule has 0 atom stereocenters. The monoisotopic (exact) mass is 766 g/mol. The molecular formula is C23H14ClI3N2O2. The zero-order chi connectivity index (χ0) is 22.4. The maximum absolute atomic E-state index is 12.5. The lowest BCUT2D eigenvalue weighted by Crippen LogP contribution is -2.13. The Hall–Kier alpha value is -1.36. The first-order valence-electron chi connectivity index (χ1n) is 8.90. The zero-order valence-electron chi connectivity index (χ0n) is 15.8. The fourth-order valence-electron chi connectivity index (χ4n) is 2.58. The molecule has 0 saturated heterocycles. The molecule has 0 radical (unpaired) electrons. The predicted octanol–water partition coefficient (Wildman–Crippen LogP) is 7.28. The van der Waals surface area contributed by atoms with Gasteiger partial charge >= 0.3 is 0 Å². The van der Waals surface area contributed by atoms with Gasteiger partial charge in [0.15, 0.2) is 0 Å². The van der Waals surface area contributed by atoms with Crippen LogP contribution in [0.2, 0.25) is 5.02 Å². The third-order valence-electron chi connectivity index (χ3n) is 4.10. The van der Waals surface area contributed by atoms with Crippen molar-refractivity contribution in [2.75, 3.05) is 5.32 Å². The van der Waals surface area contributed by atoms with Crippen LogP contribution in [0.25, 0.3) is 6.08 Å². The van der Waals surface area contributed by atoms with E-state index in [0.717, 1.165) is 27.6 Å². The third kappa shape index (κ3) is 7.06. The van der Waals surface area contributed by atoms with Crippen molar-refractivity contribution in [1.82, 2.24) is 0 Å². The number of carbonyl (C=O) groups is 1. The van der Waals surface area contributed by atoms with Gasteiger partial charge in [0.25, 0.3) is 5.91 Å². The first-order valence-corrected chi connectivity index (χ1v) is 12.5. The summed E-state index contributed by atoms with van der Waals surface area (Å²) in [6.45, 7) is 0.417. The number of nitriles is 1. The Morgan fingerprint density at radius 2 is 1.65 bits per heavy atom. The van der Waals surface area contributed by atoms with E-state index in [9.17, 15) is 10.1 Å². The Morgan fingerprint density at radius 1 is 1.03 bits per heavy atom. The molecule has 0 heterocycles. The molecule has 0 fully saturated rings. The summed E-state index contributed by atoms with van der Waals surface area (Å²) in [4.78, 5) is 12.5. The van der Waals surface area contributed by atoms with Gasteiger partial charge in [0.1, 0.15) is 24.0 Å². The van der Waals surface area contributed by atoms with E-state index in [1.54, 1.807) is 18.2 Å². The summed E-state index contributed by atoms with van der Waals surface area (Å²) in [5, 5.41) is 12.9. The number of anilines is 1. The van der Waals surface area contributed by atoms with Crippen LogP contribution in [0.1, 0.15) is 11.1 Å². The summed E-state index contributed by atoms with van der Waals surface area (Å²) in [5.41, 5.74) is 2.43. The van der Waals surface area contributed by atoms with Crippen LogP contribution in [0.3, 0.4) is 0 Å². The van der Waals surface area contributed by atoms with E-state index in [1.807, 2.05) is 54.6 Å². The molecule has 0 aromatic heterocycles. The van der Waals surface area contributed by atoms with Crippen LogP contribution in [0.15, 0.2) is 66.2 Å². The van der Waals surface area contributed by atoms with Crippen LogP contribution in [0.4, 0.5) is 5.69 Å². The first kappa shape index (κ1) is 24.3. The van der Waals surface area contributed by atoms with Gasteiger partial charge in [-0.05, 0) is 134 Å². The number of ether oxygens (including phenoxy) is 1. The summed E-state index contributed by atoms with van der Waals surface area (Å²) in [6.07, 6.45) is 1.58. The van der Waals surface area contributed by atoms with Gasteiger partial charge in [0.2, 0.25) is 0 Å². The molecule has 0 unspecified atom stereocenters. The normalized spacial score (nSPS) is 11.0. The van der Waals surface area contributed by atoms with E-state index in [4.69, 9.17) is 16.3 Å². The number of halogens is 4. The number of benzene rings is 3. The molecule has 31 heavy (non-hydrogen) atoms. The standard InChI is InChI=1S/C23H14ClI3N2O2/c24-17-3-1-14(2-4-17)13-31-22-20(26)10-15(11-21(22)27)9-16(12-28)23(30)29-19-7-5-18(25)6-8-19/h1-11H,13H2,(H,29,30)/b16-9+. The van der Waals surface area contributed by atoms with Crippen LogP contribution in [-0.2, 0) is 11.4 Å². The van der Waals surface area contributed by atoms with Crippen LogP contribution < -0.4 is 10.1 Å². The van der Waals surface area contributed by atoms with Crippen molar-refractivity contribution in [1.29, 1.82) is 5.26 Å². The van der Waals surface area contributed by atoms with Crippen molar-refractivity contribution < 1.29 is 9.53 Å². The Labute approximate surface area is 226 Å². The molecule has 0 aliphatic heterocycles. The van der Waals surface area contributed by atoms with Gasteiger partial charge < -0.3 is 10.1 Å². The second kappa shape index (κ2) is 11.5. The summed E-state index contributed by atoms with van der Waals surface area (Å²) < 4.78 is 8.83. The van der Waals surface area contributed by atoms with Crippen molar-refractivity contribution in [2.24, 2.45) is 0 Å². The number of amides is 1. The van der Waals surface area contributed by atoms with Gasteiger partial charge in [0.05, 0.1) is 7.14 Å². The lowest BCUT2D eigenvalue weighted by molar-refractivity contribution is -0.112. The summed E-state index contributed by atoms with van der Waals surface area (Å²) >= 11 is 12.5.